The predicted molar refractivity (Wildman–Crippen MR) is 116 cm³/mol. The van der Waals surface area contributed by atoms with Gasteiger partial charge in [0.25, 0.3) is 0 Å². The van der Waals surface area contributed by atoms with Crippen molar-refractivity contribution in [3.05, 3.63) is 53.1 Å². The molecule has 9 heteroatoms. The number of anilines is 1. The van der Waals surface area contributed by atoms with E-state index in [9.17, 15) is 18.0 Å². The number of amides is 1. The van der Waals surface area contributed by atoms with Gasteiger partial charge in [0.2, 0.25) is 5.91 Å². The fourth-order valence-electron chi connectivity index (χ4n) is 4.22. The van der Waals surface area contributed by atoms with E-state index in [1.165, 1.54) is 17.2 Å². The third-order valence-corrected chi connectivity index (χ3v) is 6.22. The van der Waals surface area contributed by atoms with Crippen molar-refractivity contribution in [1.82, 2.24) is 19.9 Å². The summed E-state index contributed by atoms with van der Waals surface area (Å²) < 4.78 is 37.9. The summed E-state index contributed by atoms with van der Waals surface area (Å²) in [6.07, 6.45) is -1.53. The Labute approximate surface area is 184 Å². The maximum Gasteiger partial charge on any atom is 0.433 e. The van der Waals surface area contributed by atoms with Gasteiger partial charge < -0.3 is 10.3 Å². The smallest absolute Gasteiger partial charge is 0.341 e. The topological polar surface area (TPSA) is 73.9 Å². The number of hydrogen-bond acceptors (Lipinski definition) is 4. The van der Waals surface area contributed by atoms with Crippen LogP contribution >= 0.6 is 0 Å². The molecule has 1 fully saturated rings. The number of piperidine rings is 1. The molecule has 0 aliphatic carbocycles. The molecular formula is C23H26F3N5O. The van der Waals surface area contributed by atoms with Gasteiger partial charge in [-0.05, 0) is 81.6 Å². The summed E-state index contributed by atoms with van der Waals surface area (Å²) in [5.41, 5.74) is 3.62. The molecule has 1 aliphatic rings. The summed E-state index contributed by atoms with van der Waals surface area (Å²) in [6.45, 7) is 4.97. The van der Waals surface area contributed by atoms with Crippen LogP contribution in [0.4, 0.5) is 18.9 Å². The maximum absolute atomic E-state index is 12.6. The van der Waals surface area contributed by atoms with Gasteiger partial charge in [-0.25, -0.2) is 9.97 Å². The van der Waals surface area contributed by atoms with Crippen LogP contribution < -0.4 is 5.32 Å². The van der Waals surface area contributed by atoms with Gasteiger partial charge in [0.1, 0.15) is 11.5 Å². The molecule has 1 saturated heterocycles. The highest BCUT2D eigenvalue weighted by Gasteiger charge is 2.33. The van der Waals surface area contributed by atoms with Gasteiger partial charge in [0.05, 0.1) is 29.0 Å². The lowest BCUT2D eigenvalue weighted by Gasteiger charge is -2.35. The minimum absolute atomic E-state index is 0.0716. The Morgan fingerprint density at radius 3 is 2.69 bits per heavy atom. The first-order chi connectivity index (χ1) is 15.1. The van der Waals surface area contributed by atoms with Crippen LogP contribution in [0.15, 0.2) is 30.5 Å². The second kappa shape index (κ2) is 8.54. The summed E-state index contributed by atoms with van der Waals surface area (Å²) in [5.74, 6) is 0.815. The van der Waals surface area contributed by atoms with E-state index in [1.54, 1.807) is 0 Å². The number of nitrogens with one attached hydrogen (secondary N) is 2. The van der Waals surface area contributed by atoms with Gasteiger partial charge in [0.15, 0.2) is 0 Å². The van der Waals surface area contributed by atoms with E-state index >= 15 is 0 Å². The number of halogens is 3. The molecule has 1 unspecified atom stereocenters. The Morgan fingerprint density at radius 2 is 2.00 bits per heavy atom. The molecule has 0 spiro atoms. The van der Waals surface area contributed by atoms with Crippen molar-refractivity contribution in [2.45, 2.75) is 45.3 Å². The third kappa shape index (κ3) is 4.77. The SMILES string of the molecule is Cc1cc2nc([C@H]3CC(CC(=O)Nc4ccc(C(F)(F)F)nc4)CCN3C)[nH]c2cc1C. The van der Waals surface area contributed by atoms with E-state index in [0.717, 1.165) is 48.5 Å². The lowest BCUT2D eigenvalue weighted by molar-refractivity contribution is -0.141. The average molecular weight is 445 g/mol. The Morgan fingerprint density at radius 1 is 1.25 bits per heavy atom. The molecule has 2 N–H and O–H groups in total. The van der Waals surface area contributed by atoms with Crippen molar-refractivity contribution < 1.29 is 18.0 Å². The number of benzene rings is 1. The van der Waals surface area contributed by atoms with Gasteiger partial charge in [-0.1, -0.05) is 0 Å². The zero-order chi connectivity index (χ0) is 23.0. The maximum atomic E-state index is 12.6. The second-order valence-corrected chi connectivity index (χ2v) is 8.64. The van der Waals surface area contributed by atoms with E-state index in [4.69, 9.17) is 4.98 Å². The number of fused-ring (bicyclic) bond motifs is 1. The third-order valence-electron chi connectivity index (χ3n) is 6.22. The van der Waals surface area contributed by atoms with E-state index in [0.29, 0.717) is 6.42 Å². The Kier molecular flexibility index (Phi) is 5.94. The molecule has 1 aromatic carbocycles. The number of carbonyl (C=O) groups is 1. The van der Waals surface area contributed by atoms with Crippen molar-refractivity contribution in [3.63, 3.8) is 0 Å². The number of aromatic amines is 1. The van der Waals surface area contributed by atoms with Crippen molar-refractivity contribution in [1.29, 1.82) is 0 Å². The number of nitrogens with zero attached hydrogens (tertiary/aromatic N) is 3. The van der Waals surface area contributed by atoms with Gasteiger partial charge >= 0.3 is 6.18 Å². The van der Waals surface area contributed by atoms with Crippen LogP contribution in [0.1, 0.15) is 47.9 Å². The molecule has 1 aliphatic heterocycles. The molecule has 32 heavy (non-hydrogen) atoms. The van der Waals surface area contributed by atoms with Crippen LogP contribution in [0.5, 0.6) is 0 Å². The highest BCUT2D eigenvalue weighted by atomic mass is 19.4. The van der Waals surface area contributed by atoms with Crippen LogP contribution in [0.25, 0.3) is 11.0 Å². The molecule has 2 atom stereocenters. The number of carbonyl (C=O) groups excluding carboxylic acids is 1. The van der Waals surface area contributed by atoms with E-state index in [-0.39, 0.29) is 23.6 Å². The van der Waals surface area contributed by atoms with Crippen LogP contribution in [0, 0.1) is 19.8 Å². The Hall–Kier alpha value is -2.94. The number of pyridine rings is 1. The Bertz CT molecular complexity index is 1080. The van der Waals surface area contributed by atoms with Crippen LogP contribution in [0.2, 0.25) is 0 Å². The van der Waals surface area contributed by atoms with Crippen LogP contribution in [-0.2, 0) is 11.0 Å². The zero-order valence-corrected chi connectivity index (χ0v) is 18.3. The minimum atomic E-state index is -4.50. The van der Waals surface area contributed by atoms with E-state index in [1.807, 2.05) is 0 Å². The quantitative estimate of drug-likeness (QED) is 0.592. The fraction of sp³-hybridized carbons (Fsp3) is 0.435. The van der Waals surface area contributed by atoms with E-state index in [2.05, 4.69) is 53.2 Å². The van der Waals surface area contributed by atoms with Crippen LogP contribution in [-0.4, -0.2) is 39.4 Å². The molecule has 6 nitrogen and oxygen atoms in total. The average Bonchev–Trinajstić information content (AvgIpc) is 3.12. The summed E-state index contributed by atoms with van der Waals surface area (Å²) in [7, 11) is 2.05. The van der Waals surface area contributed by atoms with Gasteiger partial charge in [0, 0.05) is 6.42 Å². The molecule has 2 aromatic heterocycles. The first-order valence-corrected chi connectivity index (χ1v) is 10.6. The summed E-state index contributed by atoms with van der Waals surface area (Å²) in [5, 5.41) is 2.66. The van der Waals surface area contributed by atoms with Gasteiger partial charge in [-0.15, -0.1) is 0 Å². The molecule has 3 heterocycles. The molecule has 0 bridgehead atoms. The number of alkyl halides is 3. The first kappa shape index (κ1) is 22.3. The van der Waals surface area contributed by atoms with E-state index < -0.39 is 11.9 Å². The lowest BCUT2D eigenvalue weighted by atomic mass is 9.88. The monoisotopic (exact) mass is 445 g/mol. The molecule has 0 radical (unpaired) electrons. The largest absolute Gasteiger partial charge is 0.433 e. The van der Waals surface area contributed by atoms with Gasteiger partial charge in [-0.3, -0.25) is 9.69 Å². The number of aromatic nitrogens is 3. The predicted octanol–water partition coefficient (Wildman–Crippen LogP) is 5.01. The summed E-state index contributed by atoms with van der Waals surface area (Å²) >= 11 is 0. The van der Waals surface area contributed by atoms with Crippen molar-refractivity contribution >= 4 is 22.6 Å². The summed E-state index contributed by atoms with van der Waals surface area (Å²) in [4.78, 5) is 26.4. The highest BCUT2D eigenvalue weighted by Crippen LogP contribution is 2.35. The number of imidazole rings is 1. The molecule has 0 saturated carbocycles. The number of hydrogen-bond donors (Lipinski definition) is 2. The van der Waals surface area contributed by atoms with Crippen molar-refractivity contribution in [3.8, 4) is 0 Å². The number of rotatable bonds is 4. The molecule has 4 rings (SSSR count). The van der Waals surface area contributed by atoms with Crippen molar-refractivity contribution in [2.75, 3.05) is 18.9 Å². The van der Waals surface area contributed by atoms with Gasteiger partial charge in [-0.2, -0.15) is 13.2 Å². The standard InChI is InChI=1S/C23H26F3N5O/c1-13-8-17-18(9-14(13)2)30-22(29-17)19-10-15(6-7-31(19)3)11-21(32)28-16-4-5-20(27-12-16)23(24,25)26/h4-5,8-9,12,15,19H,6-7,10-11H2,1-3H3,(H,28,32)(H,29,30)/t15?,19-/m1/s1. The van der Waals surface area contributed by atoms with Crippen LogP contribution in [0.3, 0.4) is 0 Å². The second-order valence-electron chi connectivity index (χ2n) is 8.64. The molecule has 1 amide bonds. The summed E-state index contributed by atoms with van der Waals surface area (Å²) in [6, 6.07) is 6.35. The molecule has 3 aromatic rings. The fourth-order valence-corrected chi connectivity index (χ4v) is 4.22. The van der Waals surface area contributed by atoms with Crippen molar-refractivity contribution in [2.24, 2.45) is 5.92 Å². The lowest BCUT2D eigenvalue weighted by Crippen LogP contribution is -2.35. The number of H-pyrrole nitrogens is 1. The zero-order valence-electron chi connectivity index (χ0n) is 18.3. The number of aryl methyl sites for hydroxylation is 2. The first-order valence-electron chi connectivity index (χ1n) is 10.6. The molecule has 170 valence electrons. The number of likely N-dealkylation sites (tertiary alicyclic amines) is 1. The minimum Gasteiger partial charge on any atom is -0.341 e. The normalized spacial score (nSPS) is 19.9. The molecular weight excluding hydrogens is 419 g/mol. The highest BCUT2D eigenvalue weighted by molar-refractivity contribution is 5.90. The Balaban J connectivity index is 1.41.